The molecule has 2 N–H and O–H groups in total. The van der Waals surface area contributed by atoms with E-state index in [2.05, 4.69) is 19.2 Å². The lowest BCUT2D eigenvalue weighted by atomic mass is 9.91. The Hall–Kier alpha value is -1.51. The molecule has 1 atom stereocenters. The zero-order valence-electron chi connectivity index (χ0n) is 19.1. The number of nitrogens with one attached hydrogen (secondary N) is 1. The molecule has 0 bridgehead atoms. The molecule has 0 fully saturated rings. The van der Waals surface area contributed by atoms with Crippen LogP contribution in [-0.2, 0) is 4.79 Å². The Bertz CT molecular complexity index is 529. The second-order valence-electron chi connectivity index (χ2n) is 8.58. The predicted octanol–water partition coefficient (Wildman–Crippen LogP) is 8.23. The van der Waals surface area contributed by atoms with Crippen LogP contribution in [0.4, 0.5) is 5.69 Å². The van der Waals surface area contributed by atoms with Crippen molar-refractivity contribution in [1.29, 1.82) is 0 Å². The van der Waals surface area contributed by atoms with Crippen molar-refractivity contribution in [2.45, 2.75) is 117 Å². The lowest BCUT2D eigenvalue weighted by molar-refractivity contribution is -0.116. The van der Waals surface area contributed by atoms with E-state index in [0.29, 0.717) is 12.1 Å². The number of benzene rings is 1. The Kier molecular flexibility index (Phi) is 15.3. The fourth-order valence-corrected chi connectivity index (χ4v) is 4.08. The molecule has 1 unspecified atom stereocenters. The summed E-state index contributed by atoms with van der Waals surface area (Å²) in [6, 6.07) is 6.88. The van der Waals surface area contributed by atoms with E-state index >= 15 is 0 Å². The number of anilines is 1. The molecule has 1 rings (SSSR count). The number of hydrogen-bond acceptors (Lipinski definition) is 2. The maximum absolute atomic E-state index is 11.9. The van der Waals surface area contributed by atoms with Crippen molar-refractivity contribution < 1.29 is 9.90 Å². The largest absolute Gasteiger partial charge is 0.506 e. The number of para-hydroxylation sites is 2. The van der Waals surface area contributed by atoms with E-state index in [0.717, 1.165) is 18.8 Å². The maximum Gasteiger partial charge on any atom is 0.224 e. The van der Waals surface area contributed by atoms with Gasteiger partial charge in [-0.1, -0.05) is 116 Å². The van der Waals surface area contributed by atoms with Gasteiger partial charge in [0.2, 0.25) is 5.91 Å². The second kappa shape index (κ2) is 17.4. The van der Waals surface area contributed by atoms with Crippen LogP contribution < -0.4 is 5.32 Å². The zero-order chi connectivity index (χ0) is 21.2. The molecular weight excluding hydrogens is 358 g/mol. The van der Waals surface area contributed by atoms with Crippen LogP contribution in [0.2, 0.25) is 0 Å². The molecule has 166 valence electrons. The number of amides is 1. The fraction of sp³-hybridized carbons (Fsp3) is 0.731. The van der Waals surface area contributed by atoms with E-state index in [1.807, 2.05) is 6.07 Å². The second-order valence-corrected chi connectivity index (χ2v) is 8.58. The summed E-state index contributed by atoms with van der Waals surface area (Å²) in [6.07, 6.45) is 20.4. The Balaban J connectivity index is 1.92. The number of unbranched alkanes of at least 4 members (excludes halogenated alkanes) is 9. The minimum atomic E-state index is -0.00758. The normalized spacial score (nSPS) is 12.1. The molecule has 1 aromatic carbocycles. The third-order valence-corrected chi connectivity index (χ3v) is 5.86. The van der Waals surface area contributed by atoms with Crippen LogP contribution in [0.1, 0.15) is 117 Å². The molecule has 0 heterocycles. The highest BCUT2D eigenvalue weighted by atomic mass is 16.3. The highest BCUT2D eigenvalue weighted by Crippen LogP contribution is 2.23. The van der Waals surface area contributed by atoms with Gasteiger partial charge in [0.25, 0.3) is 0 Å². The first-order valence-electron chi connectivity index (χ1n) is 12.2. The fourth-order valence-electron chi connectivity index (χ4n) is 4.08. The van der Waals surface area contributed by atoms with Crippen LogP contribution in [0.3, 0.4) is 0 Å². The number of phenols is 1. The van der Waals surface area contributed by atoms with Crippen LogP contribution in [0, 0.1) is 5.92 Å². The smallest absolute Gasteiger partial charge is 0.224 e. The molecule has 0 spiro atoms. The summed E-state index contributed by atoms with van der Waals surface area (Å²) in [6.45, 7) is 4.62. The van der Waals surface area contributed by atoms with Crippen molar-refractivity contribution in [2.24, 2.45) is 5.92 Å². The lowest BCUT2D eigenvalue weighted by Gasteiger charge is -2.15. The summed E-state index contributed by atoms with van der Waals surface area (Å²) in [7, 11) is 0. The molecule has 3 heteroatoms. The Morgan fingerprint density at radius 2 is 1.38 bits per heavy atom. The minimum Gasteiger partial charge on any atom is -0.506 e. The number of hydrogen-bond donors (Lipinski definition) is 2. The van der Waals surface area contributed by atoms with Crippen molar-refractivity contribution in [3.8, 4) is 5.75 Å². The first-order valence-corrected chi connectivity index (χ1v) is 12.2. The zero-order valence-corrected chi connectivity index (χ0v) is 19.1. The van der Waals surface area contributed by atoms with Gasteiger partial charge in [-0.2, -0.15) is 0 Å². The molecular formula is C26H45NO2. The Labute approximate surface area is 179 Å². The van der Waals surface area contributed by atoms with Crippen LogP contribution >= 0.6 is 0 Å². The highest BCUT2D eigenvalue weighted by Gasteiger charge is 2.07. The third-order valence-electron chi connectivity index (χ3n) is 5.86. The van der Waals surface area contributed by atoms with E-state index in [4.69, 9.17) is 0 Å². The standard InChI is InChI=1S/C26H45NO2/c1-3-5-18-23(17-4-2)19-13-11-9-7-6-8-10-12-14-22-26(29)27-24-20-15-16-21-25(24)28/h15-16,20-21,23,28H,3-14,17-19,22H2,1-2H3,(H,27,29). The van der Waals surface area contributed by atoms with Gasteiger partial charge in [0, 0.05) is 6.42 Å². The van der Waals surface area contributed by atoms with Crippen molar-refractivity contribution in [1.82, 2.24) is 0 Å². The summed E-state index contributed by atoms with van der Waals surface area (Å²) >= 11 is 0. The Morgan fingerprint density at radius 1 is 0.793 bits per heavy atom. The monoisotopic (exact) mass is 403 g/mol. The van der Waals surface area contributed by atoms with Gasteiger partial charge < -0.3 is 10.4 Å². The average Bonchev–Trinajstić information content (AvgIpc) is 2.71. The molecule has 0 aliphatic heterocycles. The molecule has 0 aromatic heterocycles. The predicted molar refractivity (Wildman–Crippen MR) is 125 cm³/mol. The SMILES string of the molecule is CCCCC(CCC)CCCCCCCCCCCC(=O)Nc1ccccc1O. The quantitative estimate of drug-likeness (QED) is 0.191. The van der Waals surface area contributed by atoms with Gasteiger partial charge >= 0.3 is 0 Å². The van der Waals surface area contributed by atoms with Crippen LogP contribution in [0.15, 0.2) is 24.3 Å². The Morgan fingerprint density at radius 3 is 2.00 bits per heavy atom. The summed E-state index contributed by atoms with van der Waals surface area (Å²) in [5.41, 5.74) is 0.504. The van der Waals surface area contributed by atoms with Crippen molar-refractivity contribution in [3.05, 3.63) is 24.3 Å². The van der Waals surface area contributed by atoms with E-state index in [-0.39, 0.29) is 11.7 Å². The summed E-state index contributed by atoms with van der Waals surface area (Å²) < 4.78 is 0. The van der Waals surface area contributed by atoms with Gasteiger partial charge in [-0.25, -0.2) is 0 Å². The van der Waals surface area contributed by atoms with E-state index in [9.17, 15) is 9.90 Å². The molecule has 0 aliphatic carbocycles. The van der Waals surface area contributed by atoms with Crippen molar-refractivity contribution >= 4 is 11.6 Å². The van der Waals surface area contributed by atoms with Gasteiger partial charge in [-0.15, -0.1) is 0 Å². The van der Waals surface area contributed by atoms with Crippen LogP contribution in [-0.4, -0.2) is 11.0 Å². The first kappa shape index (κ1) is 25.5. The van der Waals surface area contributed by atoms with Crippen LogP contribution in [0.5, 0.6) is 5.75 Å². The topological polar surface area (TPSA) is 49.3 Å². The molecule has 1 amide bonds. The molecule has 0 aliphatic rings. The molecule has 0 radical (unpaired) electrons. The number of carbonyl (C=O) groups excluding carboxylic acids is 1. The van der Waals surface area contributed by atoms with Gasteiger partial charge in [0.1, 0.15) is 5.75 Å². The van der Waals surface area contributed by atoms with Gasteiger partial charge in [-0.3, -0.25) is 4.79 Å². The lowest BCUT2D eigenvalue weighted by Crippen LogP contribution is -2.11. The van der Waals surface area contributed by atoms with Crippen LogP contribution in [0.25, 0.3) is 0 Å². The summed E-state index contributed by atoms with van der Waals surface area (Å²) in [5, 5.41) is 12.5. The summed E-state index contributed by atoms with van der Waals surface area (Å²) in [5.74, 6) is 1.09. The molecule has 0 saturated heterocycles. The number of aromatic hydroxyl groups is 1. The molecule has 0 saturated carbocycles. The van der Waals surface area contributed by atoms with Gasteiger partial charge in [-0.05, 0) is 24.5 Å². The molecule has 3 nitrogen and oxygen atoms in total. The molecule has 29 heavy (non-hydrogen) atoms. The number of phenolic OH excluding ortho intramolecular Hbond substituents is 1. The van der Waals surface area contributed by atoms with Gasteiger partial charge in [0.05, 0.1) is 5.69 Å². The first-order chi connectivity index (χ1) is 14.2. The van der Waals surface area contributed by atoms with E-state index in [1.54, 1.807) is 18.2 Å². The minimum absolute atomic E-state index is 0.00758. The van der Waals surface area contributed by atoms with Crippen molar-refractivity contribution in [2.75, 3.05) is 5.32 Å². The van der Waals surface area contributed by atoms with Crippen molar-refractivity contribution in [3.63, 3.8) is 0 Å². The number of rotatable bonds is 18. The number of carbonyl (C=O) groups is 1. The molecule has 1 aromatic rings. The highest BCUT2D eigenvalue weighted by molar-refractivity contribution is 5.92. The average molecular weight is 404 g/mol. The maximum atomic E-state index is 11.9. The van der Waals surface area contributed by atoms with Gasteiger partial charge in [0.15, 0.2) is 0 Å². The summed E-state index contributed by atoms with van der Waals surface area (Å²) in [4.78, 5) is 11.9. The van der Waals surface area contributed by atoms with E-state index < -0.39 is 0 Å². The third kappa shape index (κ3) is 13.4. The van der Waals surface area contributed by atoms with E-state index in [1.165, 1.54) is 83.5 Å².